The minimum absolute atomic E-state index is 0.0670. The molecule has 2 aromatic carbocycles. The zero-order valence-corrected chi connectivity index (χ0v) is 13.6. The fourth-order valence-electron chi connectivity index (χ4n) is 1.98. The van der Waals surface area contributed by atoms with Crippen molar-refractivity contribution in [2.45, 2.75) is 6.92 Å². The molecule has 2 rings (SSSR count). The maximum atomic E-state index is 11.7. The van der Waals surface area contributed by atoms with Crippen LogP contribution in [0.3, 0.4) is 0 Å². The second kappa shape index (κ2) is 8.04. The van der Waals surface area contributed by atoms with Gasteiger partial charge in [-0.15, -0.1) is 0 Å². The van der Waals surface area contributed by atoms with Crippen LogP contribution in [0.25, 0.3) is 5.57 Å². The predicted molar refractivity (Wildman–Crippen MR) is 89.8 cm³/mol. The molecule has 0 aliphatic carbocycles. The first kappa shape index (κ1) is 17.4. The van der Waals surface area contributed by atoms with Crippen molar-refractivity contribution in [2.24, 2.45) is 0 Å². The fraction of sp³-hybridized carbons (Fsp3) is 0.111. The lowest BCUT2D eigenvalue weighted by molar-refractivity contribution is -0.141. The Morgan fingerprint density at radius 1 is 1.21 bits per heavy atom. The molecule has 122 valence electrons. The van der Waals surface area contributed by atoms with Crippen LogP contribution in [0.2, 0.25) is 5.02 Å². The molecule has 0 radical (unpaired) electrons. The average Bonchev–Trinajstić information content (AvgIpc) is 2.58. The summed E-state index contributed by atoms with van der Waals surface area (Å²) in [4.78, 5) is 11.7. The lowest BCUT2D eigenvalue weighted by Gasteiger charge is -2.13. The van der Waals surface area contributed by atoms with Crippen LogP contribution in [0.5, 0.6) is 11.5 Å². The Bertz CT molecular complexity index is 810. The molecule has 0 aromatic heterocycles. The summed E-state index contributed by atoms with van der Waals surface area (Å²) in [5, 5.41) is 19.6. The summed E-state index contributed by atoms with van der Waals surface area (Å²) in [5.41, 5.74) is -0.193. The minimum atomic E-state index is -1.00. The molecule has 0 spiro atoms. The molecule has 0 aliphatic rings. The third-order valence-corrected chi connectivity index (χ3v) is 3.33. The van der Waals surface area contributed by atoms with Crippen LogP contribution in [0.4, 0.5) is 0 Å². The van der Waals surface area contributed by atoms with Crippen LogP contribution in [0, 0.1) is 11.3 Å². The molecule has 0 amide bonds. The summed E-state index contributed by atoms with van der Waals surface area (Å²) in [5.74, 6) is -1.06. The SMILES string of the molecule is CCOC(=O)/C(O)=C(/C#N)c1c(Cl)cccc1Oc1ccccc1. The van der Waals surface area contributed by atoms with E-state index in [1.54, 1.807) is 49.4 Å². The number of rotatable bonds is 5. The molecule has 0 saturated carbocycles. The molecule has 2 aromatic rings. The number of halogens is 1. The van der Waals surface area contributed by atoms with E-state index < -0.39 is 11.7 Å². The number of aliphatic hydroxyl groups excluding tert-OH is 1. The summed E-state index contributed by atoms with van der Waals surface area (Å²) < 4.78 is 10.5. The Balaban J connectivity index is 2.54. The molecule has 0 atom stereocenters. The molecular formula is C18H14ClNO4. The van der Waals surface area contributed by atoms with E-state index in [9.17, 15) is 15.2 Å². The molecule has 0 unspecified atom stereocenters. The van der Waals surface area contributed by atoms with E-state index in [-0.39, 0.29) is 28.5 Å². The number of carbonyl (C=O) groups is 1. The smallest absolute Gasteiger partial charge is 0.374 e. The van der Waals surface area contributed by atoms with Gasteiger partial charge in [0, 0.05) is 0 Å². The number of carbonyl (C=O) groups excluding carboxylic acids is 1. The summed E-state index contributed by atoms with van der Waals surface area (Å²) in [6, 6.07) is 15.4. The second-order valence-electron chi connectivity index (χ2n) is 4.58. The minimum Gasteiger partial charge on any atom is -0.501 e. The Labute approximate surface area is 144 Å². The zero-order valence-electron chi connectivity index (χ0n) is 12.8. The summed E-state index contributed by atoms with van der Waals surface area (Å²) >= 11 is 6.17. The van der Waals surface area contributed by atoms with Gasteiger partial charge in [-0.05, 0) is 31.2 Å². The molecule has 0 bridgehead atoms. The predicted octanol–water partition coefficient (Wildman–Crippen LogP) is 4.49. The standard InChI is InChI=1S/C18H14ClNO4/c1-2-23-18(22)17(21)13(11-20)16-14(19)9-6-10-15(16)24-12-7-4-3-5-8-12/h3-10,21H,2H2,1H3/b17-13+. The molecule has 0 heterocycles. The van der Waals surface area contributed by atoms with Crippen molar-refractivity contribution in [1.29, 1.82) is 5.26 Å². The molecule has 5 nitrogen and oxygen atoms in total. The van der Waals surface area contributed by atoms with Crippen molar-refractivity contribution < 1.29 is 19.4 Å². The zero-order chi connectivity index (χ0) is 17.5. The van der Waals surface area contributed by atoms with Gasteiger partial charge in [-0.2, -0.15) is 5.26 Å². The van der Waals surface area contributed by atoms with Crippen molar-refractivity contribution >= 4 is 23.1 Å². The van der Waals surface area contributed by atoms with Gasteiger partial charge in [-0.25, -0.2) is 4.79 Å². The Kier molecular flexibility index (Phi) is 5.83. The molecule has 1 N–H and O–H groups in total. The van der Waals surface area contributed by atoms with E-state index in [1.807, 2.05) is 6.07 Å². The molecular weight excluding hydrogens is 330 g/mol. The van der Waals surface area contributed by atoms with Crippen LogP contribution in [-0.4, -0.2) is 17.7 Å². The van der Waals surface area contributed by atoms with E-state index in [0.29, 0.717) is 5.75 Å². The molecule has 0 saturated heterocycles. The number of hydrogen-bond acceptors (Lipinski definition) is 5. The van der Waals surface area contributed by atoms with Crippen LogP contribution in [0.1, 0.15) is 12.5 Å². The van der Waals surface area contributed by atoms with Gasteiger partial charge in [-0.1, -0.05) is 35.9 Å². The highest BCUT2D eigenvalue weighted by Crippen LogP contribution is 2.36. The van der Waals surface area contributed by atoms with Crippen molar-refractivity contribution in [3.63, 3.8) is 0 Å². The third kappa shape index (κ3) is 3.86. The van der Waals surface area contributed by atoms with E-state index in [0.717, 1.165) is 0 Å². The summed E-state index contributed by atoms with van der Waals surface area (Å²) in [7, 11) is 0. The third-order valence-electron chi connectivity index (χ3n) is 3.01. The number of benzene rings is 2. The van der Waals surface area contributed by atoms with Crippen LogP contribution < -0.4 is 4.74 Å². The summed E-state index contributed by atoms with van der Waals surface area (Å²) in [6.45, 7) is 1.66. The van der Waals surface area contributed by atoms with Gasteiger partial charge in [-0.3, -0.25) is 0 Å². The Morgan fingerprint density at radius 3 is 2.54 bits per heavy atom. The first-order valence-corrected chi connectivity index (χ1v) is 7.48. The van der Waals surface area contributed by atoms with Crippen molar-refractivity contribution in [3.8, 4) is 17.6 Å². The number of allylic oxidation sites excluding steroid dienone is 1. The number of hydrogen-bond donors (Lipinski definition) is 1. The molecule has 6 heteroatoms. The molecule has 24 heavy (non-hydrogen) atoms. The highest BCUT2D eigenvalue weighted by molar-refractivity contribution is 6.33. The molecule has 0 aliphatic heterocycles. The maximum absolute atomic E-state index is 11.7. The lowest BCUT2D eigenvalue weighted by Crippen LogP contribution is -2.09. The number of nitrogens with zero attached hydrogens (tertiary/aromatic N) is 1. The second-order valence-corrected chi connectivity index (χ2v) is 4.99. The number of ether oxygens (including phenoxy) is 2. The van der Waals surface area contributed by atoms with Gasteiger partial charge >= 0.3 is 5.97 Å². The Hall–Kier alpha value is -2.97. The Morgan fingerprint density at radius 2 is 1.92 bits per heavy atom. The molecule has 0 fully saturated rings. The summed E-state index contributed by atoms with van der Waals surface area (Å²) in [6.07, 6.45) is 0. The highest BCUT2D eigenvalue weighted by atomic mass is 35.5. The normalized spacial score (nSPS) is 11.2. The first-order chi connectivity index (χ1) is 11.6. The topological polar surface area (TPSA) is 79.5 Å². The number of nitriles is 1. The maximum Gasteiger partial charge on any atom is 0.374 e. The van der Waals surface area contributed by atoms with Gasteiger partial charge in [0.15, 0.2) is 0 Å². The van der Waals surface area contributed by atoms with Gasteiger partial charge < -0.3 is 14.6 Å². The highest BCUT2D eigenvalue weighted by Gasteiger charge is 2.22. The van der Waals surface area contributed by atoms with Gasteiger partial charge in [0.05, 0.1) is 17.2 Å². The van der Waals surface area contributed by atoms with E-state index in [2.05, 4.69) is 0 Å². The average molecular weight is 344 g/mol. The van der Waals surface area contributed by atoms with Crippen molar-refractivity contribution in [1.82, 2.24) is 0 Å². The first-order valence-electron chi connectivity index (χ1n) is 7.10. The monoisotopic (exact) mass is 343 g/mol. The number of para-hydroxylation sites is 1. The quantitative estimate of drug-likeness (QED) is 0.374. The van der Waals surface area contributed by atoms with Crippen molar-refractivity contribution in [2.75, 3.05) is 6.61 Å². The van der Waals surface area contributed by atoms with E-state index in [4.69, 9.17) is 21.1 Å². The largest absolute Gasteiger partial charge is 0.501 e. The van der Waals surface area contributed by atoms with Gasteiger partial charge in [0.2, 0.25) is 5.76 Å². The van der Waals surface area contributed by atoms with E-state index >= 15 is 0 Å². The van der Waals surface area contributed by atoms with Crippen LogP contribution >= 0.6 is 11.6 Å². The number of aliphatic hydroxyl groups is 1. The van der Waals surface area contributed by atoms with Gasteiger partial charge in [0.1, 0.15) is 23.1 Å². The van der Waals surface area contributed by atoms with Gasteiger partial charge in [0.25, 0.3) is 0 Å². The lowest BCUT2D eigenvalue weighted by atomic mass is 10.0. The number of esters is 1. The van der Waals surface area contributed by atoms with Crippen molar-refractivity contribution in [3.05, 3.63) is 64.9 Å². The fourth-order valence-corrected chi connectivity index (χ4v) is 2.24. The van der Waals surface area contributed by atoms with E-state index in [1.165, 1.54) is 6.07 Å². The van der Waals surface area contributed by atoms with Crippen LogP contribution in [-0.2, 0) is 9.53 Å². The van der Waals surface area contributed by atoms with Crippen LogP contribution in [0.15, 0.2) is 54.3 Å².